The van der Waals surface area contributed by atoms with Gasteiger partial charge in [-0.1, -0.05) is 37.6 Å². The Hall–Kier alpha value is -1.98. The Bertz CT molecular complexity index is 767. The highest BCUT2D eigenvalue weighted by Crippen LogP contribution is 2.36. The van der Waals surface area contributed by atoms with Crippen LogP contribution < -0.4 is 5.46 Å². The van der Waals surface area contributed by atoms with Crippen LogP contribution in [0.25, 0.3) is 0 Å². The van der Waals surface area contributed by atoms with Gasteiger partial charge in [0.15, 0.2) is 0 Å². The van der Waals surface area contributed by atoms with Crippen LogP contribution in [-0.4, -0.2) is 18.3 Å². The third-order valence-corrected chi connectivity index (χ3v) is 5.45. The van der Waals surface area contributed by atoms with E-state index in [0.29, 0.717) is 0 Å². The average molecular weight is 364 g/mol. The highest BCUT2D eigenvalue weighted by Gasteiger charge is 2.51. The van der Waals surface area contributed by atoms with Crippen molar-refractivity contribution in [1.29, 1.82) is 0 Å². The lowest BCUT2D eigenvalue weighted by atomic mass is 9.79. The van der Waals surface area contributed by atoms with Crippen LogP contribution in [0, 0.1) is 0 Å². The fraction of sp³-hybridized carbons (Fsp3) is 0.455. The Kier molecular flexibility index (Phi) is 5.82. The van der Waals surface area contributed by atoms with Crippen LogP contribution in [-0.2, 0) is 15.7 Å². The highest BCUT2D eigenvalue weighted by atomic mass is 16.7. The molecule has 142 valence electrons. The first-order chi connectivity index (χ1) is 12.8. The second kappa shape index (κ2) is 7.95. The third-order valence-electron chi connectivity index (χ3n) is 5.45. The summed E-state index contributed by atoms with van der Waals surface area (Å²) in [5.41, 5.74) is 3.35. The molecule has 0 N–H and O–H groups in total. The molecule has 1 aliphatic heterocycles. The molecule has 2 aromatic rings. The van der Waals surface area contributed by atoms with Crippen LogP contribution in [0.3, 0.4) is 0 Å². The summed E-state index contributed by atoms with van der Waals surface area (Å²) in [5, 5.41) is 8.67. The van der Waals surface area contributed by atoms with Crippen molar-refractivity contribution in [1.82, 2.24) is 0 Å². The number of unbranched alkanes of at least 4 members (excludes halogenated alkanes) is 1. The van der Waals surface area contributed by atoms with E-state index in [-0.39, 0.29) is 18.3 Å². The van der Waals surface area contributed by atoms with Crippen molar-refractivity contribution in [2.45, 2.75) is 65.1 Å². The van der Waals surface area contributed by atoms with Crippen molar-refractivity contribution in [3.8, 4) is 0 Å². The van der Waals surface area contributed by atoms with Gasteiger partial charge in [-0.05, 0) is 75.8 Å². The lowest BCUT2D eigenvalue weighted by Gasteiger charge is -2.32. The Labute approximate surface area is 163 Å². The first-order valence-electron chi connectivity index (χ1n) is 9.77. The Morgan fingerprint density at radius 1 is 0.778 bits per heavy atom. The second-order valence-electron chi connectivity index (χ2n) is 8.15. The molecule has 0 amide bonds. The van der Waals surface area contributed by atoms with Gasteiger partial charge in [0.25, 0.3) is 0 Å². The molecule has 0 aromatic heterocycles. The molecule has 0 aliphatic carbocycles. The number of hydrogen-bond acceptors (Lipinski definition) is 4. The fourth-order valence-electron chi connectivity index (χ4n) is 2.90. The number of nitrogens with zero attached hydrogens (tertiary/aromatic N) is 2. The molecule has 4 nitrogen and oxygen atoms in total. The quantitative estimate of drug-likeness (QED) is 0.484. The van der Waals surface area contributed by atoms with Crippen LogP contribution in [0.1, 0.15) is 53.0 Å². The summed E-state index contributed by atoms with van der Waals surface area (Å²) in [6.07, 6.45) is 3.55. The van der Waals surface area contributed by atoms with Gasteiger partial charge >= 0.3 is 7.12 Å². The summed E-state index contributed by atoms with van der Waals surface area (Å²) in [7, 11) is -0.350. The molecular formula is C22H29BN2O2. The van der Waals surface area contributed by atoms with Gasteiger partial charge in [-0.3, -0.25) is 0 Å². The van der Waals surface area contributed by atoms with Crippen molar-refractivity contribution in [2.75, 3.05) is 0 Å². The predicted octanol–water partition coefficient (Wildman–Crippen LogP) is 5.74. The SMILES string of the molecule is CCCCc1ccc(N=Nc2ccc(B3OC(C)(C)C(C)(C)O3)cc2)cc1. The normalized spacial score (nSPS) is 18.3. The van der Waals surface area contributed by atoms with Crippen LogP contribution in [0.2, 0.25) is 0 Å². The molecule has 1 fully saturated rings. The molecule has 0 spiro atoms. The molecule has 0 radical (unpaired) electrons. The largest absolute Gasteiger partial charge is 0.494 e. The zero-order chi connectivity index (χ0) is 19.5. The smallest absolute Gasteiger partial charge is 0.399 e. The molecule has 0 atom stereocenters. The number of aryl methyl sites for hydroxylation is 1. The Morgan fingerprint density at radius 2 is 1.26 bits per heavy atom. The maximum absolute atomic E-state index is 6.08. The minimum absolute atomic E-state index is 0.334. The van der Waals surface area contributed by atoms with Crippen molar-refractivity contribution < 1.29 is 9.31 Å². The van der Waals surface area contributed by atoms with Crippen molar-refractivity contribution in [3.05, 3.63) is 54.1 Å². The standard InChI is InChI=1S/C22H29BN2O2/c1-6-7-8-17-9-13-19(14-10-17)24-25-20-15-11-18(12-16-20)23-26-21(2,3)22(4,5)27-23/h9-16H,6-8H2,1-5H3. The molecule has 0 saturated carbocycles. The van der Waals surface area contributed by atoms with Crippen LogP contribution in [0.15, 0.2) is 58.8 Å². The predicted molar refractivity (Wildman–Crippen MR) is 111 cm³/mol. The van der Waals surface area contributed by atoms with Crippen molar-refractivity contribution >= 4 is 24.0 Å². The van der Waals surface area contributed by atoms with E-state index in [0.717, 1.165) is 23.3 Å². The lowest BCUT2D eigenvalue weighted by Crippen LogP contribution is -2.41. The van der Waals surface area contributed by atoms with Crippen LogP contribution in [0.4, 0.5) is 11.4 Å². The van der Waals surface area contributed by atoms with Gasteiger partial charge in [0, 0.05) is 0 Å². The molecule has 1 saturated heterocycles. The fourth-order valence-corrected chi connectivity index (χ4v) is 2.90. The summed E-state index contributed by atoms with van der Waals surface area (Å²) >= 11 is 0. The van der Waals surface area contributed by atoms with Gasteiger partial charge in [-0.25, -0.2) is 0 Å². The number of hydrogen-bond donors (Lipinski definition) is 0. The topological polar surface area (TPSA) is 43.2 Å². The Morgan fingerprint density at radius 3 is 1.74 bits per heavy atom. The summed E-state index contributed by atoms with van der Waals surface area (Å²) in [4.78, 5) is 0. The Balaban J connectivity index is 1.63. The van der Waals surface area contributed by atoms with E-state index in [2.05, 4.69) is 57.0 Å². The number of benzene rings is 2. The van der Waals surface area contributed by atoms with Gasteiger partial charge < -0.3 is 9.31 Å². The van der Waals surface area contributed by atoms with E-state index in [4.69, 9.17) is 9.31 Å². The highest BCUT2D eigenvalue weighted by molar-refractivity contribution is 6.62. The summed E-state index contributed by atoms with van der Waals surface area (Å²) in [6, 6.07) is 16.2. The monoisotopic (exact) mass is 364 g/mol. The van der Waals surface area contributed by atoms with Crippen molar-refractivity contribution in [2.24, 2.45) is 10.2 Å². The first kappa shape index (κ1) is 19.8. The summed E-state index contributed by atoms with van der Waals surface area (Å²) in [6.45, 7) is 10.4. The van der Waals surface area contributed by atoms with Crippen LogP contribution >= 0.6 is 0 Å². The summed E-state index contributed by atoms with van der Waals surface area (Å²) in [5.74, 6) is 0. The molecule has 27 heavy (non-hydrogen) atoms. The average Bonchev–Trinajstić information content (AvgIpc) is 2.87. The number of azo groups is 1. The van der Waals surface area contributed by atoms with Gasteiger partial charge in [0.1, 0.15) is 0 Å². The van der Waals surface area contributed by atoms with E-state index in [1.807, 2.05) is 36.4 Å². The molecule has 0 bridgehead atoms. The van der Waals surface area contributed by atoms with E-state index in [1.54, 1.807) is 0 Å². The van der Waals surface area contributed by atoms with Gasteiger partial charge in [0.2, 0.25) is 0 Å². The third kappa shape index (κ3) is 4.66. The maximum atomic E-state index is 6.08. The first-order valence-corrected chi connectivity index (χ1v) is 9.77. The van der Waals surface area contributed by atoms with Gasteiger partial charge in [-0.2, -0.15) is 10.2 Å². The van der Waals surface area contributed by atoms with Crippen LogP contribution in [0.5, 0.6) is 0 Å². The van der Waals surface area contributed by atoms with E-state index < -0.39 is 0 Å². The zero-order valence-electron chi connectivity index (χ0n) is 17.0. The zero-order valence-corrected chi connectivity index (χ0v) is 17.0. The molecule has 5 heteroatoms. The maximum Gasteiger partial charge on any atom is 0.494 e. The number of rotatable bonds is 6. The molecule has 0 unspecified atom stereocenters. The lowest BCUT2D eigenvalue weighted by molar-refractivity contribution is 0.00578. The molecule has 2 aromatic carbocycles. The molecular weight excluding hydrogens is 335 g/mol. The molecule has 3 rings (SSSR count). The van der Waals surface area contributed by atoms with Crippen molar-refractivity contribution in [3.63, 3.8) is 0 Å². The van der Waals surface area contributed by atoms with Gasteiger partial charge in [0.05, 0.1) is 22.6 Å². The van der Waals surface area contributed by atoms with Gasteiger partial charge in [-0.15, -0.1) is 0 Å². The minimum atomic E-state index is -0.350. The van der Waals surface area contributed by atoms with E-state index >= 15 is 0 Å². The summed E-state index contributed by atoms with van der Waals surface area (Å²) < 4.78 is 12.2. The minimum Gasteiger partial charge on any atom is -0.399 e. The molecule has 1 heterocycles. The van der Waals surface area contributed by atoms with E-state index in [1.165, 1.54) is 18.4 Å². The second-order valence-corrected chi connectivity index (χ2v) is 8.15. The molecule has 1 aliphatic rings. The van der Waals surface area contributed by atoms with E-state index in [9.17, 15) is 0 Å².